The van der Waals surface area contributed by atoms with Gasteiger partial charge in [0.25, 0.3) is 0 Å². The Balaban J connectivity index is 1.30. The maximum Gasteiger partial charge on any atom is 0.0546 e. The van der Waals surface area contributed by atoms with E-state index in [4.69, 9.17) is 0 Å². The molecular formula is C58H41N. The van der Waals surface area contributed by atoms with Crippen LogP contribution in [0.15, 0.2) is 212 Å². The highest BCUT2D eigenvalue weighted by molar-refractivity contribution is 6.33. The summed E-state index contributed by atoms with van der Waals surface area (Å²) >= 11 is 0. The molecule has 0 radical (unpaired) electrons. The summed E-state index contributed by atoms with van der Waals surface area (Å²) in [4.78, 5) is 2.49. The largest absolute Gasteiger partial charge is 0.310 e. The van der Waals surface area contributed by atoms with Crippen LogP contribution in [-0.4, -0.2) is 0 Å². The summed E-state index contributed by atoms with van der Waals surface area (Å²) in [5, 5.41) is 12.5. The summed E-state index contributed by atoms with van der Waals surface area (Å²) < 4.78 is 0. The van der Waals surface area contributed by atoms with Crippen molar-refractivity contribution in [2.45, 2.75) is 13.8 Å². The fourth-order valence-corrected chi connectivity index (χ4v) is 9.60. The van der Waals surface area contributed by atoms with Crippen molar-refractivity contribution in [2.24, 2.45) is 0 Å². The Morgan fingerprint density at radius 1 is 0.305 bits per heavy atom. The van der Waals surface area contributed by atoms with Gasteiger partial charge in [-0.3, -0.25) is 0 Å². The minimum Gasteiger partial charge on any atom is -0.310 e. The first-order chi connectivity index (χ1) is 29.1. The van der Waals surface area contributed by atoms with Crippen molar-refractivity contribution in [3.8, 4) is 33.4 Å². The van der Waals surface area contributed by atoms with Crippen molar-refractivity contribution in [3.05, 3.63) is 223 Å². The van der Waals surface area contributed by atoms with E-state index in [1.165, 1.54) is 98.4 Å². The molecule has 0 saturated carbocycles. The van der Waals surface area contributed by atoms with Crippen LogP contribution in [-0.2, 0) is 0 Å². The van der Waals surface area contributed by atoms with Crippen LogP contribution in [0.5, 0.6) is 0 Å². The molecule has 11 rings (SSSR count). The third-order valence-electron chi connectivity index (χ3n) is 12.0. The lowest BCUT2D eigenvalue weighted by molar-refractivity contribution is 1.27. The van der Waals surface area contributed by atoms with Crippen LogP contribution in [0, 0.1) is 13.8 Å². The van der Waals surface area contributed by atoms with Gasteiger partial charge < -0.3 is 4.90 Å². The van der Waals surface area contributed by atoms with Gasteiger partial charge in [0, 0.05) is 16.8 Å². The van der Waals surface area contributed by atoms with Crippen LogP contribution in [0.4, 0.5) is 17.1 Å². The van der Waals surface area contributed by atoms with Crippen molar-refractivity contribution in [2.75, 3.05) is 4.90 Å². The highest BCUT2D eigenvalue weighted by Gasteiger charge is 2.24. The average Bonchev–Trinajstić information content (AvgIpc) is 3.29. The molecule has 0 bridgehead atoms. The molecule has 0 heterocycles. The lowest BCUT2D eigenvalue weighted by atomic mass is 9.81. The standard InChI is InChI=1S/C58H41N/c1-38-32-39(2)34-45(33-38)59(55-35-43-24-12-13-25-46(43)47-26-14-16-28-49(47)55)44-30-31-51-54(36-44)48-27-15-17-29-50(48)57-53(41-20-8-4-9-21-41)37-52(40-18-6-3-7-19-40)56(58(51)57)42-22-10-5-11-23-42/h3-37H,1-2H3. The van der Waals surface area contributed by atoms with Crippen LogP contribution in [0.3, 0.4) is 0 Å². The van der Waals surface area contributed by atoms with E-state index in [9.17, 15) is 0 Å². The fraction of sp³-hybridized carbons (Fsp3) is 0.0345. The van der Waals surface area contributed by atoms with Gasteiger partial charge in [0.05, 0.1) is 5.69 Å². The van der Waals surface area contributed by atoms with Gasteiger partial charge in [-0.05, 0) is 143 Å². The summed E-state index contributed by atoms with van der Waals surface area (Å²) in [6.07, 6.45) is 0. The highest BCUT2D eigenvalue weighted by Crippen LogP contribution is 2.50. The van der Waals surface area contributed by atoms with Gasteiger partial charge in [-0.1, -0.05) is 176 Å². The molecular weight excluding hydrogens is 711 g/mol. The minimum absolute atomic E-state index is 1.12. The van der Waals surface area contributed by atoms with Gasteiger partial charge in [0.2, 0.25) is 0 Å². The van der Waals surface area contributed by atoms with E-state index in [0.29, 0.717) is 0 Å². The van der Waals surface area contributed by atoms with Crippen LogP contribution >= 0.6 is 0 Å². The molecule has 0 amide bonds. The summed E-state index contributed by atoms with van der Waals surface area (Å²) in [6, 6.07) is 78.4. The Hall–Kier alpha value is -7.48. The van der Waals surface area contributed by atoms with Crippen molar-refractivity contribution in [1.29, 1.82) is 0 Å². The van der Waals surface area contributed by atoms with Gasteiger partial charge in [-0.15, -0.1) is 0 Å². The second-order valence-corrected chi connectivity index (χ2v) is 15.8. The van der Waals surface area contributed by atoms with Crippen LogP contribution in [0.25, 0.3) is 87.2 Å². The third kappa shape index (κ3) is 5.86. The third-order valence-corrected chi connectivity index (χ3v) is 12.0. The summed E-state index contributed by atoms with van der Waals surface area (Å²) in [6.45, 7) is 4.40. The smallest absolute Gasteiger partial charge is 0.0546 e. The summed E-state index contributed by atoms with van der Waals surface area (Å²) in [5.74, 6) is 0. The first-order valence-corrected chi connectivity index (χ1v) is 20.5. The van der Waals surface area contributed by atoms with E-state index in [-0.39, 0.29) is 0 Å². The van der Waals surface area contributed by atoms with E-state index >= 15 is 0 Å². The summed E-state index contributed by atoms with van der Waals surface area (Å²) in [7, 11) is 0. The van der Waals surface area contributed by atoms with E-state index in [1.807, 2.05) is 0 Å². The Bertz CT molecular complexity index is 3360. The number of nitrogens with zero attached hydrogens (tertiary/aromatic N) is 1. The summed E-state index contributed by atoms with van der Waals surface area (Å²) in [5.41, 5.74) is 13.2. The van der Waals surface area contributed by atoms with Crippen LogP contribution < -0.4 is 4.90 Å². The van der Waals surface area contributed by atoms with Crippen molar-refractivity contribution < 1.29 is 0 Å². The molecule has 0 spiro atoms. The van der Waals surface area contributed by atoms with Gasteiger partial charge in [-0.2, -0.15) is 0 Å². The number of hydrogen-bond acceptors (Lipinski definition) is 1. The van der Waals surface area contributed by atoms with Gasteiger partial charge in [0.15, 0.2) is 0 Å². The number of anilines is 3. The van der Waals surface area contributed by atoms with E-state index in [0.717, 1.165) is 17.1 Å². The quantitative estimate of drug-likeness (QED) is 0.153. The SMILES string of the molecule is Cc1cc(C)cc(N(c2ccc3c(c2)c2ccccc2c2c(-c4ccccc4)cc(-c4ccccc4)c(-c4ccccc4)c32)c2cc3ccccc3c3ccccc23)c1. The zero-order valence-electron chi connectivity index (χ0n) is 33.2. The predicted molar refractivity (Wildman–Crippen MR) is 254 cm³/mol. The molecule has 0 fully saturated rings. The van der Waals surface area contributed by atoms with Gasteiger partial charge in [0.1, 0.15) is 0 Å². The second kappa shape index (κ2) is 14.2. The molecule has 11 aromatic carbocycles. The van der Waals surface area contributed by atoms with E-state index < -0.39 is 0 Å². The molecule has 59 heavy (non-hydrogen) atoms. The Morgan fingerprint density at radius 3 is 1.47 bits per heavy atom. The zero-order chi connectivity index (χ0) is 39.5. The van der Waals surface area contributed by atoms with Crippen LogP contribution in [0.1, 0.15) is 11.1 Å². The van der Waals surface area contributed by atoms with Gasteiger partial charge >= 0.3 is 0 Å². The molecule has 0 saturated heterocycles. The predicted octanol–water partition coefficient (Wildman–Crippen LogP) is 16.5. The number of fused-ring (bicyclic) bond motifs is 9. The van der Waals surface area contributed by atoms with Crippen LogP contribution in [0.2, 0.25) is 0 Å². The number of benzene rings is 11. The second-order valence-electron chi connectivity index (χ2n) is 15.8. The molecule has 0 aromatic heterocycles. The molecule has 0 aliphatic rings. The zero-order valence-corrected chi connectivity index (χ0v) is 33.2. The average molecular weight is 752 g/mol. The highest BCUT2D eigenvalue weighted by atomic mass is 15.1. The molecule has 11 aromatic rings. The molecule has 0 N–H and O–H groups in total. The Kier molecular flexibility index (Phi) is 8.34. The first kappa shape index (κ1) is 34.7. The maximum absolute atomic E-state index is 2.49. The fourth-order valence-electron chi connectivity index (χ4n) is 9.60. The van der Waals surface area contributed by atoms with E-state index in [2.05, 4.69) is 231 Å². The molecule has 0 aliphatic carbocycles. The lowest BCUT2D eigenvalue weighted by Crippen LogP contribution is -2.11. The Morgan fingerprint density at radius 2 is 0.814 bits per heavy atom. The molecule has 1 heteroatoms. The lowest BCUT2D eigenvalue weighted by Gasteiger charge is -2.29. The topological polar surface area (TPSA) is 3.24 Å². The number of aryl methyl sites for hydroxylation is 2. The molecule has 0 unspecified atom stereocenters. The normalized spacial score (nSPS) is 11.6. The minimum atomic E-state index is 1.12. The molecule has 0 aliphatic heterocycles. The number of hydrogen-bond donors (Lipinski definition) is 0. The van der Waals surface area contributed by atoms with Crippen molar-refractivity contribution >= 4 is 70.9 Å². The van der Waals surface area contributed by atoms with Gasteiger partial charge in [-0.25, -0.2) is 0 Å². The molecule has 0 atom stereocenters. The molecule has 278 valence electrons. The van der Waals surface area contributed by atoms with Crippen molar-refractivity contribution in [3.63, 3.8) is 0 Å². The number of rotatable bonds is 6. The van der Waals surface area contributed by atoms with E-state index in [1.54, 1.807) is 0 Å². The molecule has 1 nitrogen and oxygen atoms in total. The monoisotopic (exact) mass is 751 g/mol. The van der Waals surface area contributed by atoms with Crippen molar-refractivity contribution in [1.82, 2.24) is 0 Å². The Labute approximate surface area is 345 Å². The maximum atomic E-state index is 2.49. The first-order valence-electron chi connectivity index (χ1n) is 20.5.